The Morgan fingerprint density at radius 1 is 1.36 bits per heavy atom. The van der Waals surface area contributed by atoms with Gasteiger partial charge < -0.3 is 4.74 Å². The van der Waals surface area contributed by atoms with Gasteiger partial charge in [0.05, 0.1) is 12.0 Å². The maximum absolute atomic E-state index is 12.3. The number of hydrogen-bond acceptors (Lipinski definition) is 5. The van der Waals surface area contributed by atoms with Crippen LogP contribution in [0.15, 0.2) is 23.1 Å². The Hall–Kier alpha value is -1.50. The van der Waals surface area contributed by atoms with Crippen LogP contribution in [0.25, 0.3) is 6.08 Å². The van der Waals surface area contributed by atoms with Crippen LogP contribution in [0, 0.1) is 0 Å². The van der Waals surface area contributed by atoms with E-state index in [2.05, 4.69) is 4.74 Å². The van der Waals surface area contributed by atoms with E-state index in [1.54, 1.807) is 12.1 Å². The zero-order valence-electron chi connectivity index (χ0n) is 11.6. The molecule has 1 fully saturated rings. The van der Waals surface area contributed by atoms with Gasteiger partial charge >= 0.3 is 5.97 Å². The number of carbonyl (C=O) groups excluding carboxylic acids is 3. The summed E-state index contributed by atoms with van der Waals surface area (Å²) in [5, 5.41) is 0.300. The van der Waals surface area contributed by atoms with Crippen LogP contribution >= 0.6 is 35.0 Å². The van der Waals surface area contributed by atoms with Crippen LogP contribution in [0.1, 0.15) is 12.5 Å². The van der Waals surface area contributed by atoms with Crippen molar-refractivity contribution in [2.45, 2.75) is 13.0 Å². The van der Waals surface area contributed by atoms with Crippen LogP contribution in [-0.4, -0.2) is 35.2 Å². The van der Waals surface area contributed by atoms with E-state index >= 15 is 0 Å². The minimum atomic E-state index is -0.982. The highest BCUT2D eigenvalue weighted by atomic mass is 35.5. The summed E-state index contributed by atoms with van der Waals surface area (Å²) in [5.41, 5.74) is 0.558. The summed E-state index contributed by atoms with van der Waals surface area (Å²) in [5.74, 6) is -1.22. The minimum Gasteiger partial charge on any atom is -0.467 e. The molecule has 0 saturated carbocycles. The predicted molar refractivity (Wildman–Crippen MR) is 85.8 cm³/mol. The van der Waals surface area contributed by atoms with Crippen molar-refractivity contribution < 1.29 is 19.1 Å². The summed E-state index contributed by atoms with van der Waals surface area (Å²) >= 11 is 12.6. The van der Waals surface area contributed by atoms with Crippen molar-refractivity contribution in [3.05, 3.63) is 38.7 Å². The molecule has 1 aliphatic heterocycles. The number of methoxy groups -OCH3 is 1. The van der Waals surface area contributed by atoms with Crippen molar-refractivity contribution in [3.8, 4) is 0 Å². The van der Waals surface area contributed by atoms with Gasteiger partial charge in [-0.25, -0.2) is 4.79 Å². The first-order valence-corrected chi connectivity index (χ1v) is 7.72. The highest BCUT2D eigenvalue weighted by molar-refractivity contribution is 8.18. The molecule has 116 valence electrons. The van der Waals surface area contributed by atoms with Gasteiger partial charge in [-0.05, 0) is 42.5 Å². The molecular weight excluding hydrogens is 349 g/mol. The van der Waals surface area contributed by atoms with E-state index < -0.39 is 23.2 Å². The molecule has 1 atom stereocenters. The fraction of sp³-hybridized carbons (Fsp3) is 0.214. The van der Waals surface area contributed by atoms with Crippen LogP contribution in [-0.2, 0) is 14.3 Å². The number of hydrogen-bond donors (Lipinski definition) is 0. The number of carbonyl (C=O) groups is 3. The fourth-order valence-electron chi connectivity index (χ4n) is 1.85. The van der Waals surface area contributed by atoms with Crippen molar-refractivity contribution in [1.82, 2.24) is 4.90 Å². The van der Waals surface area contributed by atoms with Crippen molar-refractivity contribution in [3.63, 3.8) is 0 Å². The van der Waals surface area contributed by atoms with E-state index in [9.17, 15) is 14.4 Å². The molecule has 1 aliphatic rings. The maximum atomic E-state index is 12.3. The van der Waals surface area contributed by atoms with Crippen LogP contribution in [0.3, 0.4) is 0 Å². The van der Waals surface area contributed by atoms with Crippen molar-refractivity contribution in [2.75, 3.05) is 7.11 Å². The predicted octanol–water partition coefficient (Wildman–Crippen LogP) is 3.59. The second-order valence-corrected chi connectivity index (χ2v) is 6.25. The summed E-state index contributed by atoms with van der Waals surface area (Å²) in [6, 6.07) is 3.82. The highest BCUT2D eigenvalue weighted by Crippen LogP contribution is 2.35. The minimum absolute atomic E-state index is 0.185. The largest absolute Gasteiger partial charge is 0.467 e. The monoisotopic (exact) mass is 359 g/mol. The lowest BCUT2D eigenvalue weighted by Crippen LogP contribution is -2.42. The van der Waals surface area contributed by atoms with Crippen LogP contribution in [0.4, 0.5) is 4.79 Å². The average molecular weight is 360 g/mol. The van der Waals surface area contributed by atoms with Gasteiger partial charge in [-0.2, -0.15) is 0 Å². The number of thioether (sulfide) groups is 1. The Morgan fingerprint density at radius 3 is 2.64 bits per heavy atom. The van der Waals surface area contributed by atoms with E-state index in [0.717, 1.165) is 16.7 Å². The van der Waals surface area contributed by atoms with E-state index in [0.29, 0.717) is 15.6 Å². The molecule has 22 heavy (non-hydrogen) atoms. The van der Waals surface area contributed by atoms with Gasteiger partial charge in [-0.15, -0.1) is 0 Å². The zero-order chi connectivity index (χ0) is 16.4. The first-order chi connectivity index (χ1) is 10.3. The second kappa shape index (κ2) is 6.73. The zero-order valence-corrected chi connectivity index (χ0v) is 14.0. The summed E-state index contributed by atoms with van der Waals surface area (Å²) < 4.78 is 4.56. The Bertz CT molecular complexity index is 689. The molecule has 1 aromatic rings. The smallest absolute Gasteiger partial charge is 0.328 e. The van der Waals surface area contributed by atoms with Gasteiger partial charge in [0.2, 0.25) is 0 Å². The van der Waals surface area contributed by atoms with E-state index in [-0.39, 0.29) is 4.91 Å². The fourth-order valence-corrected chi connectivity index (χ4v) is 3.21. The Balaban J connectivity index is 2.31. The molecular formula is C14H11Cl2NO4S. The van der Waals surface area contributed by atoms with Gasteiger partial charge in [0.1, 0.15) is 6.04 Å². The third kappa shape index (κ3) is 3.29. The first kappa shape index (κ1) is 16.9. The lowest BCUT2D eigenvalue weighted by molar-refractivity contribution is -0.148. The number of imide groups is 1. The molecule has 0 bridgehead atoms. The molecule has 8 heteroatoms. The molecule has 0 N–H and O–H groups in total. The van der Waals surface area contributed by atoms with Gasteiger partial charge in [0, 0.05) is 10.0 Å². The van der Waals surface area contributed by atoms with Crippen LogP contribution in [0.5, 0.6) is 0 Å². The Morgan fingerprint density at radius 2 is 2.05 bits per heavy atom. The maximum Gasteiger partial charge on any atom is 0.328 e. The molecule has 1 aromatic carbocycles. The number of nitrogens with zero attached hydrogens (tertiary/aromatic N) is 1. The second-order valence-electron chi connectivity index (χ2n) is 4.42. The number of esters is 1. The van der Waals surface area contributed by atoms with Crippen LogP contribution in [0.2, 0.25) is 10.0 Å². The van der Waals surface area contributed by atoms with E-state index in [1.807, 2.05) is 0 Å². The number of benzene rings is 1. The molecule has 5 nitrogen and oxygen atoms in total. The third-order valence-corrected chi connectivity index (χ3v) is 4.45. The first-order valence-electron chi connectivity index (χ1n) is 6.15. The van der Waals surface area contributed by atoms with Crippen molar-refractivity contribution >= 4 is 58.2 Å². The highest BCUT2D eigenvalue weighted by Gasteiger charge is 2.41. The molecule has 0 spiro atoms. The summed E-state index contributed by atoms with van der Waals surface area (Å²) in [6.07, 6.45) is 1.49. The normalized spacial score (nSPS) is 18.0. The van der Waals surface area contributed by atoms with Crippen LogP contribution < -0.4 is 0 Å². The van der Waals surface area contributed by atoms with Crippen molar-refractivity contribution in [1.29, 1.82) is 0 Å². The van der Waals surface area contributed by atoms with E-state index in [1.165, 1.54) is 26.2 Å². The summed E-state index contributed by atoms with van der Waals surface area (Å²) in [7, 11) is 1.20. The lowest BCUT2D eigenvalue weighted by atomic mass is 10.2. The standard InChI is InChI=1S/C14H11Cl2NO4S/c1-7(13(19)21-2)17-12(18)11(22-14(17)20)5-8-3-4-9(15)6-10(8)16/h3-7H,1-2H3. The quantitative estimate of drug-likeness (QED) is 0.609. The molecule has 0 aliphatic carbocycles. The molecule has 1 saturated heterocycles. The number of ether oxygens (including phenoxy) is 1. The molecule has 2 rings (SSSR count). The topological polar surface area (TPSA) is 63.7 Å². The molecule has 0 aromatic heterocycles. The molecule has 2 amide bonds. The van der Waals surface area contributed by atoms with Gasteiger partial charge in [-0.3, -0.25) is 14.5 Å². The summed E-state index contributed by atoms with van der Waals surface area (Å²) in [4.78, 5) is 36.8. The average Bonchev–Trinajstić information content (AvgIpc) is 2.75. The summed E-state index contributed by atoms with van der Waals surface area (Å²) in [6.45, 7) is 1.43. The molecule has 0 radical (unpaired) electrons. The Kier molecular flexibility index (Phi) is 5.16. The van der Waals surface area contributed by atoms with Gasteiger partial charge in [-0.1, -0.05) is 29.3 Å². The molecule has 1 heterocycles. The molecule has 1 unspecified atom stereocenters. The SMILES string of the molecule is COC(=O)C(C)N1C(=O)SC(=Cc2ccc(Cl)cc2Cl)C1=O. The number of halogens is 2. The third-order valence-electron chi connectivity index (χ3n) is 3.00. The van der Waals surface area contributed by atoms with Gasteiger partial charge in [0.15, 0.2) is 0 Å². The van der Waals surface area contributed by atoms with Crippen molar-refractivity contribution in [2.24, 2.45) is 0 Å². The lowest BCUT2D eigenvalue weighted by Gasteiger charge is -2.18. The number of amides is 2. The Labute approximate surface area is 141 Å². The number of rotatable bonds is 3. The van der Waals surface area contributed by atoms with E-state index in [4.69, 9.17) is 23.2 Å². The van der Waals surface area contributed by atoms with Gasteiger partial charge in [0.25, 0.3) is 11.1 Å².